The van der Waals surface area contributed by atoms with E-state index in [0.29, 0.717) is 18.3 Å². The minimum absolute atomic E-state index is 0.0864. The second kappa shape index (κ2) is 5.85. The van der Waals surface area contributed by atoms with Crippen LogP contribution in [-0.4, -0.2) is 14.7 Å². The van der Waals surface area contributed by atoms with Crippen LogP contribution in [0.2, 0.25) is 0 Å². The van der Waals surface area contributed by atoms with Crippen LogP contribution in [0, 0.1) is 5.82 Å². The number of imidazole rings is 1. The SMILES string of the molecule is Cn1ccnc1CCC(O)c1cccc(C(F)(F)F)c1F. The predicted molar refractivity (Wildman–Crippen MR) is 67.9 cm³/mol. The molecule has 2 rings (SSSR count). The predicted octanol–water partition coefficient (Wildman–Crippen LogP) is 3.24. The summed E-state index contributed by atoms with van der Waals surface area (Å²) in [5.74, 6) is -0.751. The third kappa shape index (κ3) is 3.41. The van der Waals surface area contributed by atoms with Crippen molar-refractivity contribution in [3.05, 3.63) is 53.4 Å². The van der Waals surface area contributed by atoms with Crippen molar-refractivity contribution in [3.63, 3.8) is 0 Å². The number of aryl methyl sites for hydroxylation is 2. The summed E-state index contributed by atoms with van der Waals surface area (Å²) in [6, 6.07) is 2.91. The zero-order valence-corrected chi connectivity index (χ0v) is 11.2. The van der Waals surface area contributed by atoms with Gasteiger partial charge in [0.2, 0.25) is 0 Å². The Morgan fingerprint density at radius 1 is 1.33 bits per heavy atom. The van der Waals surface area contributed by atoms with E-state index in [1.54, 1.807) is 24.0 Å². The Bertz CT molecular complexity index is 622. The first-order valence-electron chi connectivity index (χ1n) is 6.30. The lowest BCUT2D eigenvalue weighted by Gasteiger charge is -2.15. The Balaban J connectivity index is 2.16. The lowest BCUT2D eigenvalue weighted by atomic mass is 10.0. The van der Waals surface area contributed by atoms with Gasteiger partial charge >= 0.3 is 6.18 Å². The van der Waals surface area contributed by atoms with Crippen LogP contribution in [0.5, 0.6) is 0 Å². The van der Waals surface area contributed by atoms with Crippen molar-refractivity contribution in [2.24, 2.45) is 7.05 Å². The summed E-state index contributed by atoms with van der Waals surface area (Å²) in [5.41, 5.74) is -1.71. The quantitative estimate of drug-likeness (QED) is 0.881. The van der Waals surface area contributed by atoms with Crippen LogP contribution in [-0.2, 0) is 19.6 Å². The molecule has 0 radical (unpaired) electrons. The van der Waals surface area contributed by atoms with E-state index in [-0.39, 0.29) is 12.0 Å². The van der Waals surface area contributed by atoms with Gasteiger partial charge in [-0.25, -0.2) is 9.37 Å². The molecule has 1 atom stereocenters. The topological polar surface area (TPSA) is 38.0 Å². The molecule has 2 aromatic rings. The van der Waals surface area contributed by atoms with Gasteiger partial charge in [0.25, 0.3) is 0 Å². The second-order valence-electron chi connectivity index (χ2n) is 4.72. The number of benzene rings is 1. The molecule has 0 saturated heterocycles. The molecular formula is C14H14F4N2O. The Morgan fingerprint density at radius 3 is 2.62 bits per heavy atom. The molecule has 0 amide bonds. The Hall–Kier alpha value is -1.89. The number of aliphatic hydroxyl groups excluding tert-OH is 1. The number of aromatic nitrogens is 2. The van der Waals surface area contributed by atoms with E-state index in [1.165, 1.54) is 0 Å². The maximum Gasteiger partial charge on any atom is 0.419 e. The van der Waals surface area contributed by atoms with Crippen molar-refractivity contribution in [3.8, 4) is 0 Å². The molecule has 0 aliphatic carbocycles. The van der Waals surface area contributed by atoms with E-state index >= 15 is 0 Å². The minimum atomic E-state index is -4.78. The zero-order chi connectivity index (χ0) is 15.6. The molecular weight excluding hydrogens is 288 g/mol. The molecule has 1 N–H and O–H groups in total. The first-order valence-corrected chi connectivity index (χ1v) is 6.30. The molecule has 0 aliphatic rings. The standard InChI is InChI=1S/C14H14F4N2O/c1-20-8-7-19-12(20)6-5-11(21)9-3-2-4-10(13(9)15)14(16,17)18/h2-4,7-8,11,21H,5-6H2,1H3. The smallest absolute Gasteiger partial charge is 0.388 e. The maximum absolute atomic E-state index is 13.9. The number of nitrogens with zero attached hydrogens (tertiary/aromatic N) is 2. The van der Waals surface area contributed by atoms with Crippen LogP contribution >= 0.6 is 0 Å². The Morgan fingerprint density at radius 2 is 2.05 bits per heavy atom. The number of hydrogen-bond acceptors (Lipinski definition) is 2. The van der Waals surface area contributed by atoms with Gasteiger partial charge < -0.3 is 9.67 Å². The van der Waals surface area contributed by atoms with Crippen LogP contribution < -0.4 is 0 Å². The van der Waals surface area contributed by atoms with Gasteiger partial charge in [-0.2, -0.15) is 13.2 Å². The third-order valence-electron chi connectivity index (χ3n) is 3.26. The second-order valence-corrected chi connectivity index (χ2v) is 4.72. The highest BCUT2D eigenvalue weighted by Gasteiger charge is 2.35. The first-order chi connectivity index (χ1) is 9.80. The van der Waals surface area contributed by atoms with Gasteiger partial charge in [-0.05, 0) is 12.5 Å². The molecule has 1 unspecified atom stereocenters. The first kappa shape index (κ1) is 15.5. The van der Waals surface area contributed by atoms with Crippen LogP contribution in [0.4, 0.5) is 17.6 Å². The van der Waals surface area contributed by atoms with Gasteiger partial charge in [0.1, 0.15) is 11.6 Å². The largest absolute Gasteiger partial charge is 0.419 e. The Kier molecular flexibility index (Phi) is 4.32. The summed E-state index contributed by atoms with van der Waals surface area (Å²) in [7, 11) is 1.76. The molecule has 21 heavy (non-hydrogen) atoms. The lowest BCUT2D eigenvalue weighted by molar-refractivity contribution is -0.140. The fraction of sp³-hybridized carbons (Fsp3) is 0.357. The molecule has 7 heteroatoms. The number of alkyl halides is 3. The number of rotatable bonds is 4. The van der Waals surface area contributed by atoms with Gasteiger partial charge in [-0.1, -0.05) is 12.1 Å². The molecule has 114 valence electrons. The van der Waals surface area contributed by atoms with Crippen molar-refractivity contribution >= 4 is 0 Å². The van der Waals surface area contributed by atoms with Gasteiger partial charge in [-0.3, -0.25) is 0 Å². The van der Waals surface area contributed by atoms with Crippen LogP contribution in [0.3, 0.4) is 0 Å². The average Bonchev–Trinajstić information content (AvgIpc) is 2.80. The maximum atomic E-state index is 13.9. The monoisotopic (exact) mass is 302 g/mol. The van der Waals surface area contributed by atoms with E-state index in [9.17, 15) is 22.7 Å². The molecule has 3 nitrogen and oxygen atoms in total. The van der Waals surface area contributed by atoms with E-state index < -0.39 is 23.7 Å². The van der Waals surface area contributed by atoms with E-state index in [1.807, 2.05) is 0 Å². The van der Waals surface area contributed by atoms with Crippen LogP contribution in [0.1, 0.15) is 29.5 Å². The van der Waals surface area contributed by atoms with E-state index in [0.717, 1.165) is 12.1 Å². The minimum Gasteiger partial charge on any atom is -0.388 e. The summed E-state index contributed by atoms with van der Waals surface area (Å²) in [5, 5.41) is 9.94. The molecule has 1 aromatic heterocycles. The van der Waals surface area contributed by atoms with E-state index in [4.69, 9.17) is 0 Å². The zero-order valence-electron chi connectivity index (χ0n) is 11.2. The van der Waals surface area contributed by atoms with Gasteiger partial charge in [-0.15, -0.1) is 0 Å². The van der Waals surface area contributed by atoms with Gasteiger partial charge in [0.05, 0.1) is 11.7 Å². The number of halogens is 4. The van der Waals surface area contributed by atoms with Crippen molar-refractivity contribution < 1.29 is 22.7 Å². The van der Waals surface area contributed by atoms with Gasteiger partial charge in [0, 0.05) is 31.4 Å². The average molecular weight is 302 g/mol. The highest BCUT2D eigenvalue weighted by Crippen LogP contribution is 2.34. The van der Waals surface area contributed by atoms with Crippen LogP contribution in [0.25, 0.3) is 0 Å². The molecule has 0 saturated carbocycles. The number of hydrogen-bond donors (Lipinski definition) is 1. The van der Waals surface area contributed by atoms with Crippen molar-refractivity contribution in [1.82, 2.24) is 9.55 Å². The third-order valence-corrected chi connectivity index (χ3v) is 3.26. The summed E-state index contributed by atoms with van der Waals surface area (Å²) in [6.45, 7) is 0. The summed E-state index contributed by atoms with van der Waals surface area (Å²) in [4.78, 5) is 4.04. The summed E-state index contributed by atoms with van der Waals surface area (Å²) >= 11 is 0. The molecule has 0 aliphatic heterocycles. The highest BCUT2D eigenvalue weighted by atomic mass is 19.4. The normalized spacial score (nSPS) is 13.4. The Labute approximate surface area is 118 Å². The summed E-state index contributed by atoms with van der Waals surface area (Å²) < 4.78 is 53.5. The fourth-order valence-electron chi connectivity index (χ4n) is 2.08. The molecule has 0 spiro atoms. The van der Waals surface area contributed by atoms with Gasteiger partial charge in [0.15, 0.2) is 0 Å². The summed E-state index contributed by atoms with van der Waals surface area (Å²) in [6.07, 6.45) is -2.38. The number of aliphatic hydroxyl groups is 1. The molecule has 1 heterocycles. The van der Waals surface area contributed by atoms with Crippen LogP contribution in [0.15, 0.2) is 30.6 Å². The highest BCUT2D eigenvalue weighted by molar-refractivity contribution is 5.29. The molecule has 0 fully saturated rings. The lowest BCUT2D eigenvalue weighted by Crippen LogP contribution is -2.12. The van der Waals surface area contributed by atoms with Crippen molar-refractivity contribution in [2.45, 2.75) is 25.1 Å². The van der Waals surface area contributed by atoms with E-state index in [2.05, 4.69) is 4.98 Å². The molecule has 0 bridgehead atoms. The van der Waals surface area contributed by atoms with Crippen molar-refractivity contribution in [2.75, 3.05) is 0 Å². The van der Waals surface area contributed by atoms with Crippen molar-refractivity contribution in [1.29, 1.82) is 0 Å². The fourth-order valence-corrected chi connectivity index (χ4v) is 2.08. The molecule has 1 aromatic carbocycles.